The zero-order chi connectivity index (χ0) is 24.1. The molecular formula is C29H34N2O2. The van der Waals surface area contributed by atoms with Crippen LogP contribution < -0.4 is 10.9 Å². The fourth-order valence-electron chi connectivity index (χ4n) is 4.36. The highest BCUT2D eigenvalue weighted by Crippen LogP contribution is 2.30. The predicted octanol–water partition coefficient (Wildman–Crippen LogP) is 6.27. The first-order chi connectivity index (χ1) is 15.7. The van der Waals surface area contributed by atoms with Crippen molar-refractivity contribution in [2.24, 2.45) is 0 Å². The molecule has 1 aromatic heterocycles. The van der Waals surface area contributed by atoms with Crippen molar-refractivity contribution in [2.45, 2.75) is 60.9 Å². The van der Waals surface area contributed by atoms with Crippen LogP contribution in [0.15, 0.2) is 53.3 Å². The van der Waals surface area contributed by atoms with Crippen molar-refractivity contribution in [3.63, 3.8) is 0 Å². The molecule has 0 saturated heterocycles. The van der Waals surface area contributed by atoms with Crippen molar-refractivity contribution in [1.82, 2.24) is 10.3 Å². The second kappa shape index (κ2) is 10.5. The van der Waals surface area contributed by atoms with E-state index < -0.39 is 0 Å². The maximum Gasteiger partial charge on any atom is 0.253 e. The molecule has 4 heteroatoms. The van der Waals surface area contributed by atoms with Gasteiger partial charge < -0.3 is 10.3 Å². The number of allylic oxidation sites excluding steroid dienone is 2. The van der Waals surface area contributed by atoms with E-state index >= 15 is 0 Å². The van der Waals surface area contributed by atoms with Gasteiger partial charge in [-0.25, -0.2) is 0 Å². The van der Waals surface area contributed by atoms with Crippen LogP contribution in [-0.2, 0) is 13.0 Å². The highest BCUT2D eigenvalue weighted by molar-refractivity contribution is 6.01. The van der Waals surface area contributed by atoms with E-state index in [9.17, 15) is 9.59 Å². The van der Waals surface area contributed by atoms with Crippen molar-refractivity contribution >= 4 is 11.5 Å². The van der Waals surface area contributed by atoms with E-state index in [1.165, 1.54) is 5.56 Å². The largest absolute Gasteiger partial charge is 0.348 e. The van der Waals surface area contributed by atoms with Gasteiger partial charge in [0.2, 0.25) is 0 Å². The molecule has 0 saturated carbocycles. The molecule has 0 radical (unpaired) electrons. The summed E-state index contributed by atoms with van der Waals surface area (Å²) >= 11 is 0. The first kappa shape index (κ1) is 24.2. The summed E-state index contributed by atoms with van der Waals surface area (Å²) in [5, 5.41) is 2.99. The number of carbonyl (C=O) groups excluding carboxylic acids is 1. The molecule has 0 spiro atoms. The normalized spacial score (nSPS) is 11.5. The lowest BCUT2D eigenvalue weighted by atomic mass is 9.90. The van der Waals surface area contributed by atoms with Crippen molar-refractivity contribution in [1.29, 1.82) is 0 Å². The van der Waals surface area contributed by atoms with Crippen molar-refractivity contribution in [3.05, 3.63) is 98.0 Å². The van der Waals surface area contributed by atoms with Gasteiger partial charge in [0.05, 0.1) is 0 Å². The Morgan fingerprint density at radius 2 is 1.79 bits per heavy atom. The molecule has 0 bridgehead atoms. The lowest BCUT2D eigenvalue weighted by Crippen LogP contribution is -2.28. The lowest BCUT2D eigenvalue weighted by Gasteiger charge is -2.17. The first-order valence-electron chi connectivity index (χ1n) is 11.6. The van der Waals surface area contributed by atoms with Crippen LogP contribution in [-0.4, -0.2) is 10.9 Å². The highest BCUT2D eigenvalue weighted by Gasteiger charge is 2.18. The van der Waals surface area contributed by atoms with Gasteiger partial charge in [-0.3, -0.25) is 9.59 Å². The van der Waals surface area contributed by atoms with E-state index in [4.69, 9.17) is 0 Å². The molecule has 3 rings (SSSR count). The number of aryl methyl sites for hydroxylation is 4. The molecule has 4 nitrogen and oxygen atoms in total. The Morgan fingerprint density at radius 1 is 1.03 bits per heavy atom. The van der Waals surface area contributed by atoms with Gasteiger partial charge in [-0.2, -0.15) is 0 Å². The van der Waals surface area contributed by atoms with Gasteiger partial charge in [0.15, 0.2) is 0 Å². The van der Waals surface area contributed by atoms with Crippen LogP contribution in [0.25, 0.3) is 16.7 Å². The third-order valence-electron chi connectivity index (χ3n) is 6.13. The number of benzene rings is 2. The number of rotatable bonds is 7. The summed E-state index contributed by atoms with van der Waals surface area (Å²) in [5.41, 5.74) is 9.20. The third kappa shape index (κ3) is 5.51. The molecule has 0 aliphatic rings. The van der Waals surface area contributed by atoms with Crippen LogP contribution in [0.2, 0.25) is 0 Å². The number of H-pyrrole nitrogens is 1. The molecule has 33 heavy (non-hydrogen) atoms. The number of aromatic amines is 1. The zero-order valence-corrected chi connectivity index (χ0v) is 20.6. The Bertz CT molecular complexity index is 1270. The van der Waals surface area contributed by atoms with E-state index in [-0.39, 0.29) is 18.0 Å². The quantitative estimate of drug-likeness (QED) is 0.453. The van der Waals surface area contributed by atoms with Crippen molar-refractivity contribution < 1.29 is 4.79 Å². The Kier molecular flexibility index (Phi) is 7.70. The predicted molar refractivity (Wildman–Crippen MR) is 138 cm³/mol. The fraction of sp³-hybridized carbons (Fsp3) is 0.310. The minimum Gasteiger partial charge on any atom is -0.348 e. The summed E-state index contributed by atoms with van der Waals surface area (Å²) in [6.07, 6.45) is 4.14. The highest BCUT2D eigenvalue weighted by atomic mass is 16.1. The average Bonchev–Trinajstić information content (AvgIpc) is 2.77. The van der Waals surface area contributed by atoms with Crippen LogP contribution in [0.3, 0.4) is 0 Å². The molecule has 172 valence electrons. The number of hydrogen-bond donors (Lipinski definition) is 2. The minimum atomic E-state index is -0.180. The van der Waals surface area contributed by atoms with Gasteiger partial charge in [-0.1, -0.05) is 49.8 Å². The molecular weight excluding hydrogens is 408 g/mol. The Morgan fingerprint density at radius 3 is 2.45 bits per heavy atom. The number of pyridine rings is 1. The first-order valence-corrected chi connectivity index (χ1v) is 11.6. The van der Waals surface area contributed by atoms with Gasteiger partial charge in [0, 0.05) is 23.4 Å². The topological polar surface area (TPSA) is 62.0 Å². The maximum atomic E-state index is 13.4. The van der Waals surface area contributed by atoms with E-state index in [1.54, 1.807) is 0 Å². The number of carbonyl (C=O) groups is 1. The van der Waals surface area contributed by atoms with Crippen LogP contribution >= 0.6 is 0 Å². The van der Waals surface area contributed by atoms with Crippen LogP contribution in [0.4, 0.5) is 0 Å². The molecule has 0 unspecified atom stereocenters. The van der Waals surface area contributed by atoms with E-state index in [2.05, 4.69) is 47.6 Å². The van der Waals surface area contributed by atoms with E-state index in [0.717, 1.165) is 51.9 Å². The smallest absolute Gasteiger partial charge is 0.253 e. The Labute approximate surface area is 196 Å². The molecule has 1 heterocycles. The summed E-state index contributed by atoms with van der Waals surface area (Å²) in [6, 6.07) is 14.6. The summed E-state index contributed by atoms with van der Waals surface area (Å²) in [5.74, 6) is -0.180. The maximum absolute atomic E-state index is 13.4. The summed E-state index contributed by atoms with van der Waals surface area (Å²) < 4.78 is 0. The monoisotopic (exact) mass is 442 g/mol. The molecule has 0 fully saturated rings. The lowest BCUT2D eigenvalue weighted by molar-refractivity contribution is 0.0950. The number of nitrogens with one attached hydrogen (secondary N) is 2. The molecule has 0 atom stereocenters. The molecule has 2 N–H and O–H groups in total. The second-order valence-corrected chi connectivity index (χ2v) is 8.76. The van der Waals surface area contributed by atoms with Crippen molar-refractivity contribution in [2.75, 3.05) is 0 Å². The summed E-state index contributed by atoms with van der Waals surface area (Å²) in [4.78, 5) is 28.6. The third-order valence-corrected chi connectivity index (χ3v) is 6.13. The molecule has 0 aliphatic carbocycles. The van der Waals surface area contributed by atoms with Gasteiger partial charge in [0.1, 0.15) is 0 Å². The average molecular weight is 443 g/mol. The van der Waals surface area contributed by atoms with Gasteiger partial charge >= 0.3 is 0 Å². The molecule has 2 aromatic carbocycles. The van der Waals surface area contributed by atoms with Crippen LogP contribution in [0, 0.1) is 20.8 Å². The van der Waals surface area contributed by atoms with Crippen LogP contribution in [0.1, 0.15) is 71.1 Å². The van der Waals surface area contributed by atoms with Crippen molar-refractivity contribution in [3.8, 4) is 11.1 Å². The standard InChI is InChI=1S/C29H34N2O2/c1-7-10-22-11-9-12-23(15-22)24-14-20(5)27(18(3)8-2)25(16-24)28(32)30-17-26-19(4)13-21(6)31-29(26)33/h8-9,11-16H,7,10,17H2,1-6H3,(H,30,32)(H,31,33)/b18-8-. The second-order valence-electron chi connectivity index (χ2n) is 8.76. The van der Waals surface area contributed by atoms with Crippen LogP contribution in [0.5, 0.6) is 0 Å². The SMILES string of the molecule is C/C=C(/C)c1c(C)cc(-c2cccc(CCC)c2)cc1C(=O)NCc1c(C)cc(C)[nH]c1=O. The molecule has 0 aliphatic heterocycles. The van der Waals surface area contributed by atoms with Gasteiger partial charge in [-0.05, 0) is 92.1 Å². The molecule has 1 amide bonds. The fourth-order valence-corrected chi connectivity index (χ4v) is 4.36. The van der Waals surface area contributed by atoms with E-state index in [0.29, 0.717) is 11.1 Å². The number of amides is 1. The Balaban J connectivity index is 2.02. The number of aromatic nitrogens is 1. The molecule has 3 aromatic rings. The van der Waals surface area contributed by atoms with Gasteiger partial charge in [-0.15, -0.1) is 0 Å². The zero-order valence-electron chi connectivity index (χ0n) is 20.6. The van der Waals surface area contributed by atoms with E-state index in [1.807, 2.05) is 52.8 Å². The van der Waals surface area contributed by atoms with Gasteiger partial charge in [0.25, 0.3) is 11.5 Å². The summed E-state index contributed by atoms with van der Waals surface area (Å²) in [7, 11) is 0. The minimum absolute atomic E-state index is 0.157. The Hall–Kier alpha value is -3.40. The summed E-state index contributed by atoms with van der Waals surface area (Å²) in [6.45, 7) is 12.2. The number of hydrogen-bond acceptors (Lipinski definition) is 2.